The molecule has 0 amide bonds. The molecule has 0 radical (unpaired) electrons. The number of benzene rings is 2. The van der Waals surface area contributed by atoms with Crippen LogP contribution in [0.4, 0.5) is 13.2 Å². The molecule has 6 heteroatoms. The predicted molar refractivity (Wildman–Crippen MR) is 106 cm³/mol. The van der Waals surface area contributed by atoms with Crippen molar-refractivity contribution in [1.82, 2.24) is 9.80 Å². The van der Waals surface area contributed by atoms with Gasteiger partial charge < -0.3 is 0 Å². The molecule has 0 spiro atoms. The average molecular weight is 402 g/mol. The molecule has 0 N–H and O–H groups in total. The van der Waals surface area contributed by atoms with Crippen LogP contribution in [0.2, 0.25) is 0 Å². The number of carbonyl (C=O) groups excluding carboxylic acids is 1. The summed E-state index contributed by atoms with van der Waals surface area (Å²) in [6.45, 7) is 2.52. The maximum Gasteiger partial charge on any atom is 0.404 e. The monoisotopic (exact) mass is 402 g/mol. The summed E-state index contributed by atoms with van der Waals surface area (Å²) in [5, 5.41) is 0. The molecule has 1 aliphatic heterocycles. The smallest absolute Gasteiger partial charge is 0.297 e. The van der Waals surface area contributed by atoms with Crippen LogP contribution in [-0.2, 0) is 13.0 Å². The molecule has 2 atom stereocenters. The summed E-state index contributed by atoms with van der Waals surface area (Å²) < 4.78 is 42.2. The Bertz CT molecular complexity index is 845. The molecule has 1 heterocycles. The van der Waals surface area contributed by atoms with Gasteiger partial charge in [0.2, 0.25) is 0 Å². The van der Waals surface area contributed by atoms with E-state index >= 15 is 0 Å². The fourth-order valence-corrected chi connectivity index (χ4v) is 4.65. The van der Waals surface area contributed by atoms with Crippen molar-refractivity contribution in [2.24, 2.45) is 5.92 Å². The number of alkyl halides is 3. The van der Waals surface area contributed by atoms with Crippen LogP contribution in [-0.4, -0.2) is 54.0 Å². The molecular formula is C23H25F3N2O. The van der Waals surface area contributed by atoms with Crippen LogP contribution in [0, 0.1) is 5.92 Å². The summed E-state index contributed by atoms with van der Waals surface area (Å²) in [7, 11) is 0. The Morgan fingerprint density at radius 2 is 1.59 bits per heavy atom. The Morgan fingerprint density at radius 1 is 0.931 bits per heavy atom. The van der Waals surface area contributed by atoms with Gasteiger partial charge in [0.25, 0.3) is 0 Å². The number of fused-ring (bicyclic) bond motifs is 1. The van der Waals surface area contributed by atoms with Gasteiger partial charge in [-0.1, -0.05) is 54.6 Å². The zero-order valence-electron chi connectivity index (χ0n) is 16.2. The predicted octanol–water partition coefficient (Wildman–Crippen LogP) is 4.18. The Kier molecular flexibility index (Phi) is 5.74. The number of ketones is 1. The zero-order valence-corrected chi connectivity index (χ0v) is 16.2. The van der Waals surface area contributed by atoms with E-state index in [0.29, 0.717) is 38.2 Å². The molecule has 0 aromatic heterocycles. The van der Waals surface area contributed by atoms with Gasteiger partial charge in [-0.15, -0.1) is 0 Å². The standard InChI is InChI=1S/C23H25F3N2O/c24-23(25,26)22(20-11-10-18-8-4-5-9-19(18)21(20)29)28-14-12-27(13-15-28)16-17-6-2-1-3-7-17/h1-9,20,22H,10-16H2. The van der Waals surface area contributed by atoms with Gasteiger partial charge in [0.05, 0.1) is 0 Å². The fraction of sp³-hybridized carbons (Fsp3) is 0.435. The second-order valence-corrected chi connectivity index (χ2v) is 7.95. The van der Waals surface area contributed by atoms with Crippen LogP contribution in [0.5, 0.6) is 0 Å². The number of aryl methyl sites for hydroxylation is 1. The Labute approximate surface area is 169 Å². The molecule has 0 bridgehead atoms. The van der Waals surface area contributed by atoms with Gasteiger partial charge in [-0.3, -0.25) is 14.6 Å². The number of hydrogen-bond donors (Lipinski definition) is 0. The highest BCUT2D eigenvalue weighted by Crippen LogP contribution is 2.38. The van der Waals surface area contributed by atoms with Crippen molar-refractivity contribution in [3.8, 4) is 0 Å². The van der Waals surface area contributed by atoms with Crippen LogP contribution in [0.3, 0.4) is 0 Å². The summed E-state index contributed by atoms with van der Waals surface area (Å²) in [4.78, 5) is 16.6. The molecular weight excluding hydrogens is 377 g/mol. The van der Waals surface area contributed by atoms with E-state index in [1.165, 1.54) is 4.90 Å². The molecule has 2 aromatic carbocycles. The second-order valence-electron chi connectivity index (χ2n) is 7.95. The SMILES string of the molecule is O=C1c2ccccc2CCC1C(N1CCN(Cc2ccccc2)CC1)C(F)(F)F. The molecule has 3 nitrogen and oxygen atoms in total. The van der Waals surface area contributed by atoms with Crippen molar-refractivity contribution < 1.29 is 18.0 Å². The fourth-order valence-electron chi connectivity index (χ4n) is 4.65. The summed E-state index contributed by atoms with van der Waals surface area (Å²) >= 11 is 0. The van der Waals surface area contributed by atoms with Crippen molar-refractivity contribution in [3.63, 3.8) is 0 Å². The highest BCUT2D eigenvalue weighted by Gasteiger charge is 2.51. The van der Waals surface area contributed by atoms with Gasteiger partial charge in [0.15, 0.2) is 5.78 Å². The maximum absolute atomic E-state index is 14.1. The molecule has 1 saturated heterocycles. The molecule has 1 aliphatic carbocycles. The summed E-state index contributed by atoms with van der Waals surface area (Å²) in [6.07, 6.45) is -3.65. The zero-order chi connectivity index (χ0) is 20.4. The number of nitrogens with zero attached hydrogens (tertiary/aromatic N) is 2. The molecule has 4 rings (SSSR count). The molecule has 1 fully saturated rings. The first-order chi connectivity index (χ1) is 13.9. The van der Waals surface area contributed by atoms with Gasteiger partial charge in [-0.25, -0.2) is 0 Å². The molecule has 2 aromatic rings. The topological polar surface area (TPSA) is 23.6 Å². The van der Waals surface area contributed by atoms with Crippen molar-refractivity contribution in [1.29, 1.82) is 0 Å². The van der Waals surface area contributed by atoms with Crippen LogP contribution in [0.15, 0.2) is 54.6 Å². The molecule has 0 saturated carbocycles. The van der Waals surface area contributed by atoms with Gasteiger partial charge in [-0.05, 0) is 24.0 Å². The minimum atomic E-state index is -4.42. The number of rotatable bonds is 4. The van der Waals surface area contributed by atoms with E-state index in [-0.39, 0.29) is 12.2 Å². The minimum Gasteiger partial charge on any atom is -0.297 e. The van der Waals surface area contributed by atoms with E-state index < -0.39 is 18.1 Å². The van der Waals surface area contributed by atoms with Crippen molar-refractivity contribution in [2.45, 2.75) is 31.6 Å². The van der Waals surface area contributed by atoms with Gasteiger partial charge in [0.1, 0.15) is 6.04 Å². The van der Waals surface area contributed by atoms with E-state index in [9.17, 15) is 18.0 Å². The maximum atomic E-state index is 14.1. The highest BCUT2D eigenvalue weighted by molar-refractivity contribution is 6.00. The lowest BCUT2D eigenvalue weighted by molar-refractivity contribution is -0.198. The van der Waals surface area contributed by atoms with E-state index in [4.69, 9.17) is 0 Å². The largest absolute Gasteiger partial charge is 0.404 e. The number of Topliss-reactive ketones (excluding diaryl/α,β-unsaturated/α-hetero) is 1. The average Bonchev–Trinajstić information content (AvgIpc) is 2.71. The van der Waals surface area contributed by atoms with Gasteiger partial charge in [-0.2, -0.15) is 13.2 Å². The van der Waals surface area contributed by atoms with Crippen LogP contribution < -0.4 is 0 Å². The first-order valence-corrected chi connectivity index (χ1v) is 10.1. The highest BCUT2D eigenvalue weighted by atomic mass is 19.4. The van der Waals surface area contributed by atoms with Crippen LogP contribution in [0.25, 0.3) is 0 Å². The molecule has 2 unspecified atom stereocenters. The third kappa shape index (κ3) is 4.38. The van der Waals surface area contributed by atoms with Gasteiger partial charge >= 0.3 is 6.18 Å². The first-order valence-electron chi connectivity index (χ1n) is 10.1. The quantitative estimate of drug-likeness (QED) is 0.767. The van der Waals surface area contributed by atoms with E-state index in [0.717, 1.165) is 17.7 Å². The number of carbonyl (C=O) groups is 1. The van der Waals surface area contributed by atoms with Crippen molar-refractivity contribution in [3.05, 3.63) is 71.3 Å². The van der Waals surface area contributed by atoms with Crippen LogP contribution in [0.1, 0.15) is 27.9 Å². The van der Waals surface area contributed by atoms with Crippen LogP contribution >= 0.6 is 0 Å². The lowest BCUT2D eigenvalue weighted by Gasteiger charge is -2.43. The normalized spacial score (nSPS) is 22.3. The van der Waals surface area contributed by atoms with E-state index in [1.54, 1.807) is 12.1 Å². The first kappa shape index (κ1) is 20.1. The Morgan fingerprint density at radius 3 is 2.28 bits per heavy atom. The molecule has 2 aliphatic rings. The lowest BCUT2D eigenvalue weighted by atomic mass is 9.78. The molecule has 29 heavy (non-hydrogen) atoms. The van der Waals surface area contributed by atoms with Crippen molar-refractivity contribution >= 4 is 5.78 Å². The second kappa shape index (κ2) is 8.28. The van der Waals surface area contributed by atoms with E-state index in [1.807, 2.05) is 42.5 Å². The van der Waals surface area contributed by atoms with E-state index in [2.05, 4.69) is 4.90 Å². The summed E-state index contributed by atoms with van der Waals surface area (Å²) in [5.74, 6) is -1.38. The van der Waals surface area contributed by atoms with Crippen molar-refractivity contribution in [2.75, 3.05) is 26.2 Å². The number of hydrogen-bond acceptors (Lipinski definition) is 3. The number of piperazine rings is 1. The summed E-state index contributed by atoms with van der Waals surface area (Å²) in [6, 6.07) is 15.3. The Hall–Kier alpha value is -2.18. The summed E-state index contributed by atoms with van der Waals surface area (Å²) in [5.41, 5.74) is 2.48. The van der Waals surface area contributed by atoms with Gasteiger partial charge in [0, 0.05) is 44.2 Å². The molecule has 154 valence electrons. The minimum absolute atomic E-state index is 0.254. The Balaban J connectivity index is 1.47. The number of halogens is 3. The third-order valence-corrected chi connectivity index (χ3v) is 6.11. The third-order valence-electron chi connectivity index (χ3n) is 6.11. The lowest BCUT2D eigenvalue weighted by Crippen LogP contribution is -2.58.